The van der Waals surface area contributed by atoms with Crippen molar-refractivity contribution in [2.24, 2.45) is 0 Å². The van der Waals surface area contributed by atoms with Crippen LogP contribution in [0.4, 0.5) is 0 Å². The summed E-state index contributed by atoms with van der Waals surface area (Å²) < 4.78 is 11.8. The number of hydrogen-bond donors (Lipinski definition) is 0. The lowest BCUT2D eigenvalue weighted by molar-refractivity contribution is -0.201. The summed E-state index contributed by atoms with van der Waals surface area (Å²) in [7, 11) is 0. The molecular formula is C25H32N2O9. The van der Waals surface area contributed by atoms with Crippen molar-refractivity contribution in [1.29, 1.82) is 0 Å². The lowest BCUT2D eigenvalue weighted by Gasteiger charge is -2.31. The van der Waals surface area contributed by atoms with Crippen molar-refractivity contribution in [2.75, 3.05) is 19.8 Å². The number of nitrogens with zero attached hydrogens (tertiary/aromatic N) is 2. The van der Waals surface area contributed by atoms with Gasteiger partial charge in [0, 0.05) is 12.8 Å². The van der Waals surface area contributed by atoms with E-state index in [4.69, 9.17) is 19.1 Å². The van der Waals surface area contributed by atoms with Crippen LogP contribution < -0.4 is 0 Å². The average Bonchev–Trinajstić information content (AvgIpc) is 3.27. The first kappa shape index (κ1) is 27.4. The number of imide groups is 2. The number of carbonyl (C=O) groups excluding carboxylic acids is 5. The molecule has 1 aromatic carbocycles. The van der Waals surface area contributed by atoms with Crippen LogP contribution in [0.5, 0.6) is 0 Å². The van der Waals surface area contributed by atoms with Crippen LogP contribution in [-0.2, 0) is 33.5 Å². The molecule has 0 aliphatic carbocycles. The van der Waals surface area contributed by atoms with Gasteiger partial charge in [-0.2, -0.15) is 0 Å². The third-order valence-corrected chi connectivity index (χ3v) is 6.17. The summed E-state index contributed by atoms with van der Waals surface area (Å²) in [4.78, 5) is 70.5. The van der Waals surface area contributed by atoms with Crippen LogP contribution in [-0.4, -0.2) is 70.7 Å². The van der Waals surface area contributed by atoms with Crippen molar-refractivity contribution in [3.8, 4) is 0 Å². The van der Waals surface area contributed by atoms with Gasteiger partial charge in [-0.3, -0.25) is 24.0 Å². The minimum atomic E-state index is -0.854. The molecule has 36 heavy (non-hydrogen) atoms. The minimum absolute atomic E-state index is 0.00219. The number of ether oxygens (including phenoxy) is 2. The maximum Gasteiger partial charge on any atom is 0.336 e. The van der Waals surface area contributed by atoms with Gasteiger partial charge in [-0.05, 0) is 45.7 Å². The molecule has 1 atom stereocenters. The Morgan fingerprint density at radius 3 is 2.00 bits per heavy atom. The highest BCUT2D eigenvalue weighted by atomic mass is 16.7. The second-order valence-corrected chi connectivity index (χ2v) is 9.52. The standard InChI is InChI=1S/C25H32N2O9/c1-5-25(4,16-21(30)36-26-19(28)10-11-20(26)29)34-13-12-24(2,3)33-14-15-35-27-22(31)17-8-6-7-9-18(17)23(27)32/h6-9H,5,10-16H2,1-4H3. The van der Waals surface area contributed by atoms with Crippen LogP contribution >= 0.6 is 0 Å². The number of hydroxylamine groups is 4. The third-order valence-electron chi connectivity index (χ3n) is 6.17. The van der Waals surface area contributed by atoms with E-state index < -0.39 is 40.8 Å². The molecule has 1 unspecified atom stereocenters. The van der Waals surface area contributed by atoms with E-state index in [2.05, 4.69) is 0 Å². The zero-order chi connectivity index (χ0) is 26.5. The van der Waals surface area contributed by atoms with E-state index in [1.807, 2.05) is 20.8 Å². The summed E-state index contributed by atoms with van der Waals surface area (Å²) in [5.41, 5.74) is -0.854. The summed E-state index contributed by atoms with van der Waals surface area (Å²) in [5.74, 6) is -2.78. The summed E-state index contributed by atoms with van der Waals surface area (Å²) in [5, 5.41) is 1.28. The first-order chi connectivity index (χ1) is 17.0. The summed E-state index contributed by atoms with van der Waals surface area (Å²) in [6.45, 7) is 7.74. The molecule has 3 rings (SSSR count). The second kappa shape index (κ2) is 11.3. The molecule has 196 valence electrons. The Hall–Kier alpha value is -3.15. The van der Waals surface area contributed by atoms with Crippen LogP contribution in [0.3, 0.4) is 0 Å². The smallest absolute Gasteiger partial charge is 0.336 e. The van der Waals surface area contributed by atoms with E-state index in [9.17, 15) is 24.0 Å². The zero-order valence-electron chi connectivity index (χ0n) is 21.0. The number of benzene rings is 1. The molecule has 0 radical (unpaired) electrons. The zero-order valence-corrected chi connectivity index (χ0v) is 21.0. The summed E-state index contributed by atoms with van der Waals surface area (Å²) in [6, 6.07) is 6.52. The molecule has 1 aromatic rings. The Balaban J connectivity index is 1.38. The number of carbonyl (C=O) groups is 5. The van der Waals surface area contributed by atoms with Gasteiger partial charge in [-0.25, -0.2) is 4.79 Å². The quantitative estimate of drug-likeness (QED) is 0.294. The highest BCUT2D eigenvalue weighted by Crippen LogP contribution is 2.25. The van der Waals surface area contributed by atoms with Crippen molar-refractivity contribution >= 4 is 29.6 Å². The Bertz CT molecular complexity index is 987. The number of amides is 4. The van der Waals surface area contributed by atoms with E-state index in [-0.39, 0.29) is 39.1 Å². The second-order valence-electron chi connectivity index (χ2n) is 9.52. The maximum atomic E-state index is 12.3. The largest absolute Gasteiger partial charge is 0.375 e. The van der Waals surface area contributed by atoms with E-state index in [1.54, 1.807) is 31.2 Å². The molecule has 0 saturated carbocycles. The first-order valence-corrected chi connectivity index (χ1v) is 11.9. The predicted octanol–water partition coefficient (Wildman–Crippen LogP) is 2.58. The Labute approximate surface area is 209 Å². The van der Waals surface area contributed by atoms with Gasteiger partial charge in [0.15, 0.2) is 0 Å². The fourth-order valence-electron chi connectivity index (χ4n) is 3.72. The monoisotopic (exact) mass is 504 g/mol. The summed E-state index contributed by atoms with van der Waals surface area (Å²) >= 11 is 0. The van der Waals surface area contributed by atoms with Gasteiger partial charge in [0.1, 0.15) is 0 Å². The third kappa shape index (κ3) is 6.54. The molecule has 1 saturated heterocycles. The molecular weight excluding hydrogens is 472 g/mol. The van der Waals surface area contributed by atoms with Crippen LogP contribution in [0.15, 0.2) is 24.3 Å². The molecule has 0 aromatic heterocycles. The molecule has 2 heterocycles. The SMILES string of the molecule is CCC(C)(CC(=O)ON1C(=O)CCC1=O)OCCC(C)(C)OCCON1C(=O)c2ccccc2C1=O. The summed E-state index contributed by atoms with van der Waals surface area (Å²) in [6.07, 6.45) is 0.918. The number of hydrogen-bond acceptors (Lipinski definition) is 9. The Kier molecular flexibility index (Phi) is 8.59. The highest BCUT2D eigenvalue weighted by molar-refractivity contribution is 6.20. The van der Waals surface area contributed by atoms with Crippen LogP contribution in [0, 0.1) is 0 Å². The van der Waals surface area contributed by atoms with Gasteiger partial charge in [-0.15, -0.1) is 10.1 Å². The van der Waals surface area contributed by atoms with Crippen LogP contribution in [0.25, 0.3) is 0 Å². The lowest BCUT2D eigenvalue weighted by Crippen LogP contribution is -2.38. The maximum absolute atomic E-state index is 12.3. The van der Waals surface area contributed by atoms with Crippen LogP contribution in [0.1, 0.15) is 80.5 Å². The number of fused-ring (bicyclic) bond motifs is 1. The molecule has 2 aliphatic heterocycles. The van der Waals surface area contributed by atoms with Crippen molar-refractivity contribution in [3.05, 3.63) is 35.4 Å². The topological polar surface area (TPSA) is 129 Å². The molecule has 0 spiro atoms. The normalized spacial score (nSPS) is 17.6. The van der Waals surface area contributed by atoms with Crippen molar-refractivity contribution in [1.82, 2.24) is 10.1 Å². The van der Waals surface area contributed by atoms with Gasteiger partial charge in [0.2, 0.25) is 0 Å². The predicted molar refractivity (Wildman–Crippen MR) is 124 cm³/mol. The molecule has 11 nitrogen and oxygen atoms in total. The van der Waals surface area contributed by atoms with E-state index in [1.165, 1.54) is 0 Å². The Morgan fingerprint density at radius 1 is 0.861 bits per heavy atom. The van der Waals surface area contributed by atoms with Crippen molar-refractivity contribution < 1.29 is 43.1 Å². The van der Waals surface area contributed by atoms with Gasteiger partial charge < -0.3 is 14.3 Å². The molecule has 0 bridgehead atoms. The van der Waals surface area contributed by atoms with E-state index in [0.29, 0.717) is 29.0 Å². The van der Waals surface area contributed by atoms with E-state index in [0.717, 1.165) is 5.06 Å². The van der Waals surface area contributed by atoms with Crippen molar-refractivity contribution in [2.45, 2.75) is 71.0 Å². The molecule has 1 fully saturated rings. The molecule has 11 heteroatoms. The number of rotatable bonds is 13. The van der Waals surface area contributed by atoms with Gasteiger partial charge in [0.25, 0.3) is 23.6 Å². The Morgan fingerprint density at radius 2 is 1.44 bits per heavy atom. The van der Waals surface area contributed by atoms with Gasteiger partial charge in [0.05, 0.1) is 48.6 Å². The van der Waals surface area contributed by atoms with Gasteiger partial charge in [-0.1, -0.05) is 19.1 Å². The van der Waals surface area contributed by atoms with Crippen LogP contribution in [0.2, 0.25) is 0 Å². The highest BCUT2D eigenvalue weighted by Gasteiger charge is 2.37. The fourth-order valence-corrected chi connectivity index (χ4v) is 3.72. The van der Waals surface area contributed by atoms with Gasteiger partial charge >= 0.3 is 5.97 Å². The van der Waals surface area contributed by atoms with Crippen molar-refractivity contribution in [3.63, 3.8) is 0 Å². The first-order valence-electron chi connectivity index (χ1n) is 11.9. The fraction of sp³-hybridized carbons (Fsp3) is 0.560. The molecule has 2 aliphatic rings. The molecule has 0 N–H and O–H groups in total. The minimum Gasteiger partial charge on any atom is -0.375 e. The van der Waals surface area contributed by atoms with E-state index >= 15 is 0 Å². The average molecular weight is 505 g/mol. The molecule has 4 amide bonds. The lowest BCUT2D eigenvalue weighted by atomic mass is 9.98.